The van der Waals surface area contributed by atoms with E-state index >= 15 is 0 Å². The molecule has 0 heterocycles. The topological polar surface area (TPSA) is 12.0 Å². The lowest BCUT2D eigenvalue weighted by molar-refractivity contribution is 0.441. The highest BCUT2D eigenvalue weighted by Crippen LogP contribution is 2.39. The average molecular weight is 249 g/mol. The molecular weight excluding hydrogens is 226 g/mol. The molecule has 1 nitrogen and oxygen atoms in total. The first-order valence-electron chi connectivity index (χ1n) is 6.67. The van der Waals surface area contributed by atoms with Gasteiger partial charge in [0.25, 0.3) is 0 Å². The van der Waals surface area contributed by atoms with Crippen molar-refractivity contribution in [3.8, 4) is 0 Å². The van der Waals surface area contributed by atoms with Gasteiger partial charge in [-0.15, -0.1) is 11.8 Å². The Balaban J connectivity index is 1.96. The predicted molar refractivity (Wildman–Crippen MR) is 76.7 cm³/mol. The monoisotopic (exact) mass is 249 g/mol. The van der Waals surface area contributed by atoms with E-state index in [0.717, 1.165) is 23.8 Å². The van der Waals surface area contributed by atoms with Crippen molar-refractivity contribution in [2.75, 3.05) is 6.54 Å². The van der Waals surface area contributed by atoms with Crippen LogP contribution in [0.4, 0.5) is 0 Å². The van der Waals surface area contributed by atoms with Crippen LogP contribution in [-0.2, 0) is 0 Å². The summed E-state index contributed by atoms with van der Waals surface area (Å²) in [5.41, 5.74) is 1.36. The maximum atomic E-state index is 3.61. The third-order valence-electron chi connectivity index (χ3n) is 3.73. The molecule has 0 amide bonds. The number of nitrogens with one attached hydrogen (secondary N) is 1. The summed E-state index contributed by atoms with van der Waals surface area (Å²) in [4.78, 5) is 1.43. The molecule has 2 rings (SSSR count). The SMILES string of the molecule is CCNC1CCC(Sc2cccc(C)c2)C1C. The van der Waals surface area contributed by atoms with Crippen molar-refractivity contribution in [3.63, 3.8) is 0 Å². The lowest BCUT2D eigenvalue weighted by Crippen LogP contribution is -2.32. The summed E-state index contributed by atoms with van der Waals surface area (Å²) in [6, 6.07) is 9.60. The minimum Gasteiger partial charge on any atom is -0.314 e. The fourth-order valence-corrected chi connectivity index (χ4v) is 4.13. The third-order valence-corrected chi connectivity index (χ3v) is 5.22. The van der Waals surface area contributed by atoms with Crippen LogP contribution in [0.1, 0.15) is 32.3 Å². The normalized spacial score (nSPS) is 28.5. The van der Waals surface area contributed by atoms with E-state index in [1.807, 2.05) is 0 Å². The van der Waals surface area contributed by atoms with E-state index in [-0.39, 0.29) is 0 Å². The van der Waals surface area contributed by atoms with Crippen molar-refractivity contribution in [2.24, 2.45) is 5.92 Å². The first kappa shape index (κ1) is 13.0. The molecule has 17 heavy (non-hydrogen) atoms. The van der Waals surface area contributed by atoms with Crippen molar-refractivity contribution in [3.05, 3.63) is 29.8 Å². The molecule has 1 aliphatic carbocycles. The second-order valence-corrected chi connectivity index (χ2v) is 6.39. The van der Waals surface area contributed by atoms with Gasteiger partial charge in [0.1, 0.15) is 0 Å². The molecule has 0 saturated heterocycles. The lowest BCUT2D eigenvalue weighted by Gasteiger charge is -2.21. The molecule has 0 radical (unpaired) electrons. The standard InChI is InChI=1S/C15H23NS/c1-4-16-14-8-9-15(12(14)3)17-13-7-5-6-11(2)10-13/h5-7,10,12,14-16H,4,8-9H2,1-3H3. The van der Waals surface area contributed by atoms with Gasteiger partial charge in [-0.2, -0.15) is 0 Å². The highest BCUT2D eigenvalue weighted by molar-refractivity contribution is 8.00. The van der Waals surface area contributed by atoms with Crippen LogP contribution in [0.15, 0.2) is 29.2 Å². The van der Waals surface area contributed by atoms with E-state index in [1.165, 1.54) is 23.3 Å². The Morgan fingerprint density at radius 3 is 2.88 bits per heavy atom. The van der Waals surface area contributed by atoms with Crippen molar-refractivity contribution in [2.45, 2.75) is 49.8 Å². The first-order chi connectivity index (χ1) is 8.20. The van der Waals surface area contributed by atoms with E-state index in [2.05, 4.69) is 62.1 Å². The zero-order valence-electron chi connectivity index (χ0n) is 11.1. The molecule has 0 aliphatic heterocycles. The molecule has 1 saturated carbocycles. The lowest BCUT2D eigenvalue weighted by atomic mass is 10.1. The van der Waals surface area contributed by atoms with Gasteiger partial charge in [0.15, 0.2) is 0 Å². The minimum atomic E-state index is 0.724. The van der Waals surface area contributed by atoms with Crippen LogP contribution >= 0.6 is 11.8 Å². The molecule has 1 N–H and O–H groups in total. The summed E-state index contributed by atoms with van der Waals surface area (Å²) >= 11 is 2.06. The minimum absolute atomic E-state index is 0.724. The summed E-state index contributed by atoms with van der Waals surface area (Å²) in [5.74, 6) is 0.778. The van der Waals surface area contributed by atoms with E-state index in [0.29, 0.717) is 0 Å². The summed E-state index contributed by atoms with van der Waals surface area (Å²) in [6.07, 6.45) is 2.68. The van der Waals surface area contributed by atoms with Crippen molar-refractivity contribution in [1.82, 2.24) is 5.32 Å². The zero-order valence-corrected chi connectivity index (χ0v) is 11.9. The van der Waals surface area contributed by atoms with Crippen LogP contribution in [0, 0.1) is 12.8 Å². The maximum absolute atomic E-state index is 3.61. The number of aryl methyl sites for hydroxylation is 1. The van der Waals surface area contributed by atoms with Gasteiger partial charge in [-0.3, -0.25) is 0 Å². The molecule has 1 aromatic carbocycles. The predicted octanol–water partition coefficient (Wildman–Crippen LogP) is 3.86. The molecule has 2 heteroatoms. The number of thioether (sulfide) groups is 1. The molecule has 1 aliphatic rings. The summed E-state index contributed by atoms with van der Waals surface area (Å²) in [6.45, 7) is 7.86. The van der Waals surface area contributed by atoms with Crippen LogP contribution in [-0.4, -0.2) is 17.8 Å². The average Bonchev–Trinajstić information content (AvgIpc) is 2.62. The van der Waals surface area contributed by atoms with Gasteiger partial charge in [-0.25, -0.2) is 0 Å². The maximum Gasteiger partial charge on any atom is 0.0135 e. The Hall–Kier alpha value is -0.470. The fourth-order valence-electron chi connectivity index (χ4n) is 2.71. The van der Waals surface area contributed by atoms with E-state index < -0.39 is 0 Å². The Labute approximate surface area is 109 Å². The van der Waals surface area contributed by atoms with Gasteiger partial charge in [0, 0.05) is 16.2 Å². The molecule has 3 atom stereocenters. The van der Waals surface area contributed by atoms with E-state index in [9.17, 15) is 0 Å². The molecule has 3 unspecified atom stereocenters. The molecule has 1 aromatic rings. The number of hydrogen-bond acceptors (Lipinski definition) is 2. The second kappa shape index (κ2) is 5.92. The molecular formula is C15H23NS. The fraction of sp³-hybridized carbons (Fsp3) is 0.600. The van der Waals surface area contributed by atoms with E-state index in [4.69, 9.17) is 0 Å². The number of rotatable bonds is 4. The highest BCUT2D eigenvalue weighted by atomic mass is 32.2. The Morgan fingerprint density at radius 2 is 2.18 bits per heavy atom. The molecule has 94 valence electrons. The summed E-state index contributed by atoms with van der Waals surface area (Å²) < 4.78 is 0. The van der Waals surface area contributed by atoms with Crippen LogP contribution in [0.5, 0.6) is 0 Å². The van der Waals surface area contributed by atoms with Crippen LogP contribution in [0.3, 0.4) is 0 Å². The number of benzene rings is 1. The molecule has 1 fully saturated rings. The van der Waals surface area contributed by atoms with Gasteiger partial charge in [0.2, 0.25) is 0 Å². The zero-order chi connectivity index (χ0) is 12.3. The molecule has 0 aromatic heterocycles. The number of hydrogen-bond donors (Lipinski definition) is 1. The quantitative estimate of drug-likeness (QED) is 0.869. The van der Waals surface area contributed by atoms with Gasteiger partial charge >= 0.3 is 0 Å². The van der Waals surface area contributed by atoms with Crippen LogP contribution in [0.2, 0.25) is 0 Å². The van der Waals surface area contributed by atoms with Crippen LogP contribution in [0.25, 0.3) is 0 Å². The highest BCUT2D eigenvalue weighted by Gasteiger charge is 2.32. The van der Waals surface area contributed by atoms with Gasteiger partial charge in [-0.1, -0.05) is 31.5 Å². The van der Waals surface area contributed by atoms with Gasteiger partial charge in [0.05, 0.1) is 0 Å². The van der Waals surface area contributed by atoms with Crippen molar-refractivity contribution in [1.29, 1.82) is 0 Å². The summed E-state index contributed by atoms with van der Waals surface area (Å²) in [7, 11) is 0. The van der Waals surface area contributed by atoms with E-state index in [1.54, 1.807) is 0 Å². The second-order valence-electron chi connectivity index (χ2n) is 5.07. The van der Waals surface area contributed by atoms with Crippen LogP contribution < -0.4 is 5.32 Å². The van der Waals surface area contributed by atoms with Gasteiger partial charge < -0.3 is 5.32 Å². The summed E-state index contributed by atoms with van der Waals surface area (Å²) in [5, 5.41) is 4.39. The van der Waals surface area contributed by atoms with Gasteiger partial charge in [-0.05, 0) is 44.4 Å². The van der Waals surface area contributed by atoms with Crippen molar-refractivity contribution < 1.29 is 0 Å². The Kier molecular flexibility index (Phi) is 4.52. The molecule has 0 bridgehead atoms. The third kappa shape index (κ3) is 3.26. The smallest absolute Gasteiger partial charge is 0.0135 e. The first-order valence-corrected chi connectivity index (χ1v) is 7.55. The Bertz CT molecular complexity index is 364. The Morgan fingerprint density at radius 1 is 1.35 bits per heavy atom. The molecule has 0 spiro atoms. The largest absolute Gasteiger partial charge is 0.314 e. The van der Waals surface area contributed by atoms with Crippen molar-refractivity contribution >= 4 is 11.8 Å².